The molecule has 1 unspecified atom stereocenters. The number of fused-ring (bicyclic) bond motifs is 1. The fraction of sp³-hybridized carbons (Fsp3) is 0.692. The largest absolute Gasteiger partial charge is 0.377 e. The van der Waals surface area contributed by atoms with E-state index in [4.69, 9.17) is 0 Å². The number of carbonyl (C=O) groups excluding carboxylic acids is 1. The highest BCUT2D eigenvalue weighted by molar-refractivity contribution is 5.99. The number of anilines is 1. The molecule has 0 aliphatic carbocycles. The number of aromatic nitrogens is 2. The van der Waals surface area contributed by atoms with E-state index in [1.165, 1.54) is 0 Å². The molecular formula is C13H22N4O. The van der Waals surface area contributed by atoms with Crippen LogP contribution in [-0.2, 0) is 6.54 Å². The van der Waals surface area contributed by atoms with Gasteiger partial charge in [0.2, 0.25) is 0 Å². The molecule has 1 aliphatic rings. The Morgan fingerprint density at radius 3 is 2.67 bits per heavy atom. The molecule has 0 spiro atoms. The van der Waals surface area contributed by atoms with Crippen LogP contribution in [0, 0.1) is 12.3 Å². The van der Waals surface area contributed by atoms with E-state index in [9.17, 15) is 4.79 Å². The smallest absolute Gasteiger partial charge is 0.271 e. The summed E-state index contributed by atoms with van der Waals surface area (Å²) in [6.07, 6.45) is 0. The molecule has 2 N–H and O–H groups in total. The number of hydrogen-bond acceptors (Lipinski definition) is 3. The molecule has 1 amide bonds. The van der Waals surface area contributed by atoms with E-state index in [-0.39, 0.29) is 17.4 Å². The van der Waals surface area contributed by atoms with Crippen LogP contribution in [0.4, 0.5) is 5.69 Å². The number of aryl methyl sites for hydroxylation is 2. The number of nitrogens with zero attached hydrogens (tertiary/aromatic N) is 2. The third-order valence-electron chi connectivity index (χ3n) is 3.47. The first-order chi connectivity index (χ1) is 8.34. The molecule has 0 aromatic carbocycles. The van der Waals surface area contributed by atoms with Gasteiger partial charge in [0.25, 0.3) is 5.91 Å². The van der Waals surface area contributed by atoms with Crippen LogP contribution in [0.25, 0.3) is 0 Å². The lowest BCUT2D eigenvalue weighted by molar-refractivity contribution is 0.0941. The van der Waals surface area contributed by atoms with Gasteiger partial charge >= 0.3 is 0 Å². The molecule has 0 fully saturated rings. The fourth-order valence-electron chi connectivity index (χ4n) is 2.24. The van der Waals surface area contributed by atoms with Crippen LogP contribution >= 0.6 is 0 Å². The maximum Gasteiger partial charge on any atom is 0.271 e. The summed E-state index contributed by atoms with van der Waals surface area (Å²) in [6, 6.07) is 0.205. The highest BCUT2D eigenvalue weighted by Crippen LogP contribution is 2.29. The fourth-order valence-corrected chi connectivity index (χ4v) is 2.24. The SMILES string of the molecule is CCn1nc(C)c2c1C(=O)NCC(C(C)(C)C)N2. The Kier molecular flexibility index (Phi) is 3.09. The second kappa shape index (κ2) is 4.30. The lowest BCUT2D eigenvalue weighted by Gasteiger charge is -2.30. The van der Waals surface area contributed by atoms with Gasteiger partial charge < -0.3 is 10.6 Å². The second-order valence-corrected chi connectivity index (χ2v) is 5.90. The van der Waals surface area contributed by atoms with Crippen molar-refractivity contribution < 1.29 is 4.79 Å². The van der Waals surface area contributed by atoms with E-state index < -0.39 is 0 Å². The van der Waals surface area contributed by atoms with Crippen molar-refractivity contribution in [3.63, 3.8) is 0 Å². The number of amides is 1. The molecular weight excluding hydrogens is 228 g/mol. The number of nitrogens with one attached hydrogen (secondary N) is 2. The van der Waals surface area contributed by atoms with Crippen molar-refractivity contribution in [1.82, 2.24) is 15.1 Å². The van der Waals surface area contributed by atoms with Crippen LogP contribution in [0.3, 0.4) is 0 Å². The molecule has 5 heteroatoms. The molecule has 2 heterocycles. The van der Waals surface area contributed by atoms with E-state index >= 15 is 0 Å². The third-order valence-corrected chi connectivity index (χ3v) is 3.47. The number of rotatable bonds is 1. The Bertz CT molecular complexity index is 470. The number of hydrogen-bond donors (Lipinski definition) is 2. The van der Waals surface area contributed by atoms with Crippen molar-refractivity contribution in [1.29, 1.82) is 0 Å². The van der Waals surface area contributed by atoms with Crippen LogP contribution in [-0.4, -0.2) is 28.3 Å². The monoisotopic (exact) mass is 250 g/mol. The zero-order valence-electron chi connectivity index (χ0n) is 11.8. The average Bonchev–Trinajstić information content (AvgIpc) is 2.46. The van der Waals surface area contributed by atoms with Crippen LogP contribution < -0.4 is 10.6 Å². The Balaban J connectivity index is 2.46. The minimum absolute atomic E-state index is 0.0355. The van der Waals surface area contributed by atoms with E-state index in [1.54, 1.807) is 4.68 Å². The van der Waals surface area contributed by atoms with Crippen molar-refractivity contribution in [2.24, 2.45) is 5.41 Å². The maximum absolute atomic E-state index is 12.2. The third kappa shape index (κ3) is 2.09. The molecule has 0 radical (unpaired) electrons. The van der Waals surface area contributed by atoms with Gasteiger partial charge in [0.1, 0.15) is 5.69 Å². The van der Waals surface area contributed by atoms with Gasteiger partial charge in [0.05, 0.1) is 11.4 Å². The van der Waals surface area contributed by atoms with E-state index in [0.29, 0.717) is 18.8 Å². The van der Waals surface area contributed by atoms with Gasteiger partial charge in [0, 0.05) is 19.1 Å². The van der Waals surface area contributed by atoms with Crippen LogP contribution in [0.1, 0.15) is 43.9 Å². The van der Waals surface area contributed by atoms with Crippen LogP contribution in [0.15, 0.2) is 0 Å². The first-order valence-corrected chi connectivity index (χ1v) is 6.46. The molecule has 1 aromatic rings. The standard InChI is InChI=1S/C13H22N4O/c1-6-17-11-10(8(2)16-17)15-9(13(3,4)5)7-14-12(11)18/h9,15H,6-7H2,1-5H3,(H,14,18). The molecule has 1 aliphatic heterocycles. The summed E-state index contributed by atoms with van der Waals surface area (Å²) < 4.78 is 1.76. The van der Waals surface area contributed by atoms with Gasteiger partial charge in [-0.1, -0.05) is 20.8 Å². The summed E-state index contributed by atoms with van der Waals surface area (Å²) in [5.74, 6) is -0.0355. The minimum Gasteiger partial charge on any atom is -0.377 e. The van der Waals surface area contributed by atoms with Crippen molar-refractivity contribution in [2.75, 3.05) is 11.9 Å². The Morgan fingerprint density at radius 2 is 2.11 bits per heavy atom. The lowest BCUT2D eigenvalue weighted by atomic mass is 9.86. The summed E-state index contributed by atoms with van der Waals surface area (Å²) >= 11 is 0. The predicted octanol–water partition coefficient (Wildman–Crippen LogP) is 1.78. The summed E-state index contributed by atoms with van der Waals surface area (Å²) in [5.41, 5.74) is 2.50. The summed E-state index contributed by atoms with van der Waals surface area (Å²) in [6.45, 7) is 11.8. The average molecular weight is 250 g/mol. The van der Waals surface area contributed by atoms with Gasteiger partial charge in [-0.25, -0.2) is 0 Å². The van der Waals surface area contributed by atoms with Gasteiger partial charge in [-0.2, -0.15) is 5.10 Å². The molecule has 18 heavy (non-hydrogen) atoms. The van der Waals surface area contributed by atoms with E-state index in [0.717, 1.165) is 11.4 Å². The molecule has 1 atom stereocenters. The van der Waals surface area contributed by atoms with Gasteiger partial charge in [-0.3, -0.25) is 9.48 Å². The molecule has 100 valence electrons. The Morgan fingerprint density at radius 1 is 1.44 bits per heavy atom. The quantitative estimate of drug-likeness (QED) is 0.798. The Labute approximate surface area is 108 Å². The first kappa shape index (κ1) is 12.9. The highest BCUT2D eigenvalue weighted by atomic mass is 16.2. The maximum atomic E-state index is 12.2. The van der Waals surface area contributed by atoms with Crippen molar-refractivity contribution in [2.45, 2.75) is 47.2 Å². The second-order valence-electron chi connectivity index (χ2n) is 5.90. The van der Waals surface area contributed by atoms with Crippen molar-refractivity contribution in [3.8, 4) is 0 Å². The van der Waals surface area contributed by atoms with Crippen LogP contribution in [0.2, 0.25) is 0 Å². The van der Waals surface area contributed by atoms with Gasteiger partial charge in [-0.15, -0.1) is 0 Å². The van der Waals surface area contributed by atoms with E-state index in [1.807, 2.05) is 13.8 Å². The van der Waals surface area contributed by atoms with Gasteiger partial charge in [0.15, 0.2) is 0 Å². The van der Waals surface area contributed by atoms with Crippen LogP contribution in [0.5, 0.6) is 0 Å². The summed E-state index contributed by atoms with van der Waals surface area (Å²) in [5, 5.41) is 10.9. The highest BCUT2D eigenvalue weighted by Gasteiger charge is 2.32. The molecule has 0 saturated heterocycles. The summed E-state index contributed by atoms with van der Waals surface area (Å²) in [7, 11) is 0. The minimum atomic E-state index is -0.0355. The predicted molar refractivity (Wildman–Crippen MR) is 71.8 cm³/mol. The zero-order chi connectivity index (χ0) is 13.5. The molecule has 2 rings (SSSR count). The normalized spacial score (nSPS) is 19.8. The van der Waals surface area contributed by atoms with E-state index in [2.05, 4.69) is 36.5 Å². The van der Waals surface area contributed by atoms with Crippen molar-refractivity contribution in [3.05, 3.63) is 11.4 Å². The molecule has 0 saturated carbocycles. The Hall–Kier alpha value is -1.52. The molecule has 0 bridgehead atoms. The lowest BCUT2D eigenvalue weighted by Crippen LogP contribution is -2.42. The first-order valence-electron chi connectivity index (χ1n) is 6.46. The summed E-state index contributed by atoms with van der Waals surface area (Å²) in [4.78, 5) is 12.2. The number of carbonyl (C=O) groups is 1. The molecule has 1 aromatic heterocycles. The topological polar surface area (TPSA) is 59.0 Å². The van der Waals surface area contributed by atoms with Gasteiger partial charge in [-0.05, 0) is 19.3 Å². The molecule has 5 nitrogen and oxygen atoms in total. The van der Waals surface area contributed by atoms with Crippen molar-refractivity contribution >= 4 is 11.6 Å². The zero-order valence-corrected chi connectivity index (χ0v) is 11.8.